The Labute approximate surface area is 168 Å². The van der Waals surface area contributed by atoms with Crippen LogP contribution in [0.5, 0.6) is 0 Å². The Kier molecular flexibility index (Phi) is 5.18. The van der Waals surface area contributed by atoms with Crippen LogP contribution in [-0.2, 0) is 5.75 Å². The summed E-state index contributed by atoms with van der Waals surface area (Å²) in [4.78, 5) is 15.1. The van der Waals surface area contributed by atoms with Gasteiger partial charge in [-0.15, -0.1) is 21.5 Å². The van der Waals surface area contributed by atoms with Crippen molar-refractivity contribution in [1.82, 2.24) is 15.2 Å². The highest BCUT2D eigenvalue weighted by Gasteiger charge is 2.14. The Morgan fingerprint density at radius 2 is 1.96 bits per heavy atom. The van der Waals surface area contributed by atoms with E-state index in [1.807, 2.05) is 5.38 Å². The van der Waals surface area contributed by atoms with Crippen molar-refractivity contribution in [2.75, 3.05) is 0 Å². The third kappa shape index (κ3) is 4.10. The van der Waals surface area contributed by atoms with Crippen molar-refractivity contribution in [3.05, 3.63) is 75.3 Å². The van der Waals surface area contributed by atoms with Crippen LogP contribution in [0.1, 0.15) is 11.3 Å². The molecule has 0 radical (unpaired) electrons. The first kappa shape index (κ1) is 18.3. The van der Waals surface area contributed by atoms with Gasteiger partial charge < -0.3 is 4.42 Å². The summed E-state index contributed by atoms with van der Waals surface area (Å²) in [7, 11) is 0. The number of nitro benzene ring substituents is 1. The zero-order valence-electron chi connectivity index (χ0n) is 14.7. The number of hydrogen-bond donors (Lipinski definition) is 0. The summed E-state index contributed by atoms with van der Waals surface area (Å²) >= 11 is 2.98. The topological polar surface area (TPSA) is 95.0 Å². The molecule has 0 unspecified atom stereocenters. The second-order valence-corrected chi connectivity index (χ2v) is 7.76. The van der Waals surface area contributed by atoms with E-state index >= 15 is 0 Å². The van der Waals surface area contributed by atoms with Crippen molar-refractivity contribution in [3.8, 4) is 22.0 Å². The number of non-ortho nitro benzene ring substituents is 1. The Balaban J connectivity index is 1.43. The van der Waals surface area contributed by atoms with E-state index in [0.717, 1.165) is 16.3 Å². The average Bonchev–Trinajstić information content (AvgIpc) is 3.37. The molecule has 7 nitrogen and oxygen atoms in total. The molecule has 0 saturated heterocycles. The third-order valence-electron chi connectivity index (χ3n) is 3.90. The van der Waals surface area contributed by atoms with Gasteiger partial charge >= 0.3 is 0 Å². The van der Waals surface area contributed by atoms with Gasteiger partial charge in [-0.1, -0.05) is 47.7 Å². The van der Waals surface area contributed by atoms with Gasteiger partial charge in [-0.05, 0) is 13.0 Å². The summed E-state index contributed by atoms with van der Waals surface area (Å²) in [6.45, 7) is 2.06. The first-order valence-electron chi connectivity index (χ1n) is 8.31. The number of benzene rings is 2. The molecule has 0 amide bonds. The van der Waals surface area contributed by atoms with E-state index in [0.29, 0.717) is 16.5 Å². The predicted molar refractivity (Wildman–Crippen MR) is 108 cm³/mol. The Morgan fingerprint density at radius 3 is 2.75 bits per heavy atom. The molecule has 0 aliphatic carbocycles. The van der Waals surface area contributed by atoms with Gasteiger partial charge in [-0.25, -0.2) is 4.98 Å². The van der Waals surface area contributed by atoms with Crippen molar-refractivity contribution in [2.24, 2.45) is 0 Å². The number of nitro groups is 1. The van der Waals surface area contributed by atoms with Crippen molar-refractivity contribution in [1.29, 1.82) is 0 Å². The number of aromatic nitrogens is 3. The molecule has 2 aromatic heterocycles. The molecule has 9 heteroatoms. The standard InChI is InChI=1S/C19H14N4O3S2/c1-12-5-7-13(8-6-12)18-20-15(10-27-18)11-28-19-22-21-17(26-19)14-3-2-4-16(9-14)23(24)25/h2-10H,11H2,1H3. The van der Waals surface area contributed by atoms with Gasteiger partial charge in [0.1, 0.15) is 5.01 Å². The van der Waals surface area contributed by atoms with E-state index in [9.17, 15) is 10.1 Å². The number of thioether (sulfide) groups is 1. The van der Waals surface area contributed by atoms with Gasteiger partial charge in [-0.2, -0.15) is 0 Å². The third-order valence-corrected chi connectivity index (χ3v) is 5.70. The smallest absolute Gasteiger partial charge is 0.277 e. The lowest BCUT2D eigenvalue weighted by molar-refractivity contribution is -0.384. The van der Waals surface area contributed by atoms with E-state index in [1.54, 1.807) is 23.5 Å². The maximum absolute atomic E-state index is 10.9. The molecular formula is C19H14N4O3S2. The number of thiazole rings is 1. The quantitative estimate of drug-likeness (QED) is 0.239. The lowest BCUT2D eigenvalue weighted by Crippen LogP contribution is -1.88. The summed E-state index contributed by atoms with van der Waals surface area (Å²) in [6, 6.07) is 14.4. The van der Waals surface area contributed by atoms with Gasteiger partial charge in [-0.3, -0.25) is 10.1 Å². The largest absolute Gasteiger partial charge is 0.411 e. The van der Waals surface area contributed by atoms with Crippen molar-refractivity contribution >= 4 is 28.8 Å². The molecule has 4 aromatic rings. The van der Waals surface area contributed by atoms with Crippen molar-refractivity contribution in [3.63, 3.8) is 0 Å². The lowest BCUT2D eigenvalue weighted by atomic mass is 10.2. The summed E-state index contributed by atoms with van der Waals surface area (Å²) < 4.78 is 5.62. The molecule has 0 saturated carbocycles. The second-order valence-electron chi connectivity index (χ2n) is 5.98. The zero-order chi connectivity index (χ0) is 19.5. The van der Waals surface area contributed by atoms with E-state index < -0.39 is 4.92 Å². The molecule has 4 rings (SSSR count). The van der Waals surface area contributed by atoms with Crippen molar-refractivity contribution < 1.29 is 9.34 Å². The molecule has 0 fully saturated rings. The highest BCUT2D eigenvalue weighted by molar-refractivity contribution is 7.98. The first-order valence-corrected chi connectivity index (χ1v) is 10.2. The van der Waals surface area contributed by atoms with Crippen LogP contribution in [0, 0.1) is 17.0 Å². The zero-order valence-corrected chi connectivity index (χ0v) is 16.4. The molecule has 0 bridgehead atoms. The molecule has 0 N–H and O–H groups in total. The van der Waals surface area contributed by atoms with Crippen LogP contribution in [0.3, 0.4) is 0 Å². The van der Waals surface area contributed by atoms with Gasteiger partial charge in [0.15, 0.2) is 0 Å². The minimum atomic E-state index is -0.455. The van der Waals surface area contributed by atoms with Crippen LogP contribution in [0.4, 0.5) is 5.69 Å². The summed E-state index contributed by atoms with van der Waals surface area (Å²) in [5, 5.41) is 22.3. The average molecular weight is 410 g/mol. The van der Waals surface area contributed by atoms with Gasteiger partial charge in [0.2, 0.25) is 5.89 Å². The molecule has 0 atom stereocenters. The maximum Gasteiger partial charge on any atom is 0.277 e. The van der Waals surface area contributed by atoms with Crippen LogP contribution in [0.2, 0.25) is 0 Å². The fraction of sp³-hybridized carbons (Fsp3) is 0.105. The normalized spacial score (nSPS) is 10.9. The number of rotatable bonds is 6. The molecule has 0 aliphatic rings. The van der Waals surface area contributed by atoms with Gasteiger partial charge in [0.05, 0.1) is 10.6 Å². The number of aryl methyl sites for hydroxylation is 1. The molecule has 0 spiro atoms. The Bertz CT molecular complexity index is 1120. The highest BCUT2D eigenvalue weighted by atomic mass is 32.2. The fourth-order valence-electron chi connectivity index (χ4n) is 2.47. The van der Waals surface area contributed by atoms with Gasteiger partial charge in [0, 0.05) is 34.4 Å². The molecule has 0 aliphatic heterocycles. The fourth-order valence-corrected chi connectivity index (χ4v) is 4.06. The molecule has 2 heterocycles. The van der Waals surface area contributed by atoms with E-state index in [-0.39, 0.29) is 11.6 Å². The van der Waals surface area contributed by atoms with Crippen LogP contribution >= 0.6 is 23.1 Å². The van der Waals surface area contributed by atoms with Crippen LogP contribution < -0.4 is 0 Å². The summed E-state index contributed by atoms with van der Waals surface area (Å²) in [6.07, 6.45) is 0. The van der Waals surface area contributed by atoms with E-state index in [2.05, 4.69) is 46.4 Å². The summed E-state index contributed by atoms with van der Waals surface area (Å²) in [5.74, 6) is 0.851. The number of hydrogen-bond acceptors (Lipinski definition) is 8. The monoisotopic (exact) mass is 410 g/mol. The molecule has 28 heavy (non-hydrogen) atoms. The van der Waals surface area contributed by atoms with Crippen LogP contribution in [0.25, 0.3) is 22.0 Å². The number of nitrogens with zero attached hydrogens (tertiary/aromatic N) is 4. The maximum atomic E-state index is 10.9. The summed E-state index contributed by atoms with van der Waals surface area (Å²) in [5.41, 5.74) is 3.74. The first-order chi connectivity index (χ1) is 13.6. The van der Waals surface area contributed by atoms with E-state index in [4.69, 9.17) is 4.42 Å². The molecule has 140 valence electrons. The van der Waals surface area contributed by atoms with Crippen LogP contribution in [-0.4, -0.2) is 20.1 Å². The predicted octanol–water partition coefficient (Wildman–Crippen LogP) is 5.37. The van der Waals surface area contributed by atoms with Crippen molar-refractivity contribution in [2.45, 2.75) is 17.9 Å². The van der Waals surface area contributed by atoms with Gasteiger partial charge in [0.25, 0.3) is 10.9 Å². The lowest BCUT2D eigenvalue weighted by Gasteiger charge is -1.97. The van der Waals surface area contributed by atoms with E-state index in [1.165, 1.54) is 29.5 Å². The van der Waals surface area contributed by atoms with Crippen LogP contribution in [0.15, 0.2) is 63.6 Å². The SMILES string of the molecule is Cc1ccc(-c2nc(CSc3nnc(-c4cccc([N+](=O)[O-])c4)o3)cs2)cc1. The molecular weight excluding hydrogens is 396 g/mol. The minimum absolute atomic E-state index is 0.0176. The molecule has 2 aromatic carbocycles. The minimum Gasteiger partial charge on any atom is -0.411 e. The Morgan fingerprint density at radius 1 is 1.14 bits per heavy atom. The second kappa shape index (κ2) is 7.91. The highest BCUT2D eigenvalue weighted by Crippen LogP contribution is 2.30. The Hall–Kier alpha value is -3.04.